The second-order valence-corrected chi connectivity index (χ2v) is 4.64. The Balaban J connectivity index is 2.40. The van der Waals surface area contributed by atoms with Gasteiger partial charge in [0.25, 0.3) is 0 Å². The highest BCUT2D eigenvalue weighted by molar-refractivity contribution is 9.10. The molecule has 0 saturated carbocycles. The van der Waals surface area contributed by atoms with Gasteiger partial charge < -0.3 is 10.4 Å². The molecule has 0 bridgehead atoms. The number of pyridine rings is 1. The molecular formula is C13H7BrFN3O2. The van der Waals surface area contributed by atoms with Gasteiger partial charge in [0.2, 0.25) is 0 Å². The third-order valence-corrected chi connectivity index (χ3v) is 3.09. The molecule has 0 aliphatic heterocycles. The Morgan fingerprint density at radius 3 is 2.80 bits per heavy atom. The SMILES string of the molecule is N#Cc1ccc(Nc2ncc(F)cc2C(=O)O)c(Br)c1. The first-order chi connectivity index (χ1) is 9.51. The molecule has 100 valence electrons. The smallest absolute Gasteiger partial charge is 0.339 e. The van der Waals surface area contributed by atoms with Crippen LogP contribution in [0.4, 0.5) is 15.9 Å². The lowest BCUT2D eigenvalue weighted by Crippen LogP contribution is -2.06. The second kappa shape index (κ2) is 5.67. The number of carboxylic acids is 1. The van der Waals surface area contributed by atoms with E-state index in [0.29, 0.717) is 15.7 Å². The molecule has 0 radical (unpaired) electrons. The Morgan fingerprint density at radius 1 is 1.45 bits per heavy atom. The van der Waals surface area contributed by atoms with Gasteiger partial charge in [0, 0.05) is 4.47 Å². The molecule has 2 aromatic rings. The van der Waals surface area contributed by atoms with Crippen LogP contribution in [-0.4, -0.2) is 16.1 Å². The average Bonchev–Trinajstić information content (AvgIpc) is 2.42. The van der Waals surface area contributed by atoms with Crippen molar-refractivity contribution in [3.05, 3.63) is 51.9 Å². The molecule has 1 heterocycles. The first-order valence-corrected chi connectivity index (χ1v) is 6.16. The highest BCUT2D eigenvalue weighted by Crippen LogP contribution is 2.27. The molecular weight excluding hydrogens is 329 g/mol. The van der Waals surface area contributed by atoms with Crippen molar-refractivity contribution < 1.29 is 14.3 Å². The van der Waals surface area contributed by atoms with E-state index in [0.717, 1.165) is 12.3 Å². The molecule has 20 heavy (non-hydrogen) atoms. The number of nitrogens with zero attached hydrogens (tertiary/aromatic N) is 2. The monoisotopic (exact) mass is 335 g/mol. The molecule has 0 aliphatic rings. The van der Waals surface area contributed by atoms with Crippen molar-refractivity contribution in [2.24, 2.45) is 0 Å². The summed E-state index contributed by atoms with van der Waals surface area (Å²) in [5, 5.41) is 20.6. The van der Waals surface area contributed by atoms with Gasteiger partial charge in [-0.25, -0.2) is 14.2 Å². The molecule has 1 aromatic heterocycles. The van der Waals surface area contributed by atoms with Gasteiger partial charge in [0.1, 0.15) is 17.2 Å². The highest BCUT2D eigenvalue weighted by atomic mass is 79.9. The lowest BCUT2D eigenvalue weighted by Gasteiger charge is -2.10. The largest absolute Gasteiger partial charge is 0.478 e. The van der Waals surface area contributed by atoms with E-state index in [1.165, 1.54) is 0 Å². The predicted molar refractivity (Wildman–Crippen MR) is 73.3 cm³/mol. The second-order valence-electron chi connectivity index (χ2n) is 3.79. The van der Waals surface area contributed by atoms with E-state index in [1.54, 1.807) is 18.2 Å². The van der Waals surface area contributed by atoms with Crippen molar-refractivity contribution in [2.75, 3.05) is 5.32 Å². The number of carboxylic acid groups (broad SMARTS) is 1. The van der Waals surface area contributed by atoms with Crippen molar-refractivity contribution in [1.82, 2.24) is 4.98 Å². The number of rotatable bonds is 3. The van der Waals surface area contributed by atoms with Crippen LogP contribution in [0.3, 0.4) is 0 Å². The van der Waals surface area contributed by atoms with Crippen molar-refractivity contribution in [2.45, 2.75) is 0 Å². The van der Waals surface area contributed by atoms with E-state index >= 15 is 0 Å². The molecule has 0 saturated heterocycles. The zero-order valence-electron chi connectivity index (χ0n) is 9.89. The van der Waals surface area contributed by atoms with Gasteiger partial charge >= 0.3 is 5.97 Å². The number of hydrogen-bond acceptors (Lipinski definition) is 4. The number of hydrogen-bond donors (Lipinski definition) is 2. The Labute approximate surface area is 121 Å². The topological polar surface area (TPSA) is 86.0 Å². The van der Waals surface area contributed by atoms with Gasteiger partial charge in [-0.1, -0.05) is 0 Å². The number of nitrogens with one attached hydrogen (secondary N) is 1. The number of aromatic nitrogens is 1. The van der Waals surface area contributed by atoms with Crippen LogP contribution in [0.1, 0.15) is 15.9 Å². The summed E-state index contributed by atoms with van der Waals surface area (Å²) in [4.78, 5) is 14.8. The van der Waals surface area contributed by atoms with Crippen molar-refractivity contribution in [3.8, 4) is 6.07 Å². The molecule has 0 atom stereocenters. The van der Waals surface area contributed by atoms with Crippen LogP contribution in [0.5, 0.6) is 0 Å². The maximum atomic E-state index is 13.0. The molecule has 0 aliphatic carbocycles. The molecule has 7 heteroatoms. The number of nitriles is 1. The number of carbonyl (C=O) groups is 1. The normalized spacial score (nSPS) is 9.85. The van der Waals surface area contributed by atoms with E-state index in [9.17, 15) is 9.18 Å². The molecule has 0 unspecified atom stereocenters. The third kappa shape index (κ3) is 2.92. The zero-order chi connectivity index (χ0) is 14.7. The summed E-state index contributed by atoms with van der Waals surface area (Å²) in [5.41, 5.74) is 0.694. The summed E-state index contributed by atoms with van der Waals surface area (Å²) in [6, 6.07) is 7.60. The molecule has 0 amide bonds. The number of halogens is 2. The zero-order valence-corrected chi connectivity index (χ0v) is 11.5. The van der Waals surface area contributed by atoms with Gasteiger partial charge in [-0.2, -0.15) is 5.26 Å². The van der Waals surface area contributed by atoms with Gasteiger partial charge in [-0.05, 0) is 40.2 Å². The van der Waals surface area contributed by atoms with Gasteiger partial charge in [-0.15, -0.1) is 0 Å². The van der Waals surface area contributed by atoms with Crippen molar-refractivity contribution >= 4 is 33.4 Å². The van der Waals surface area contributed by atoms with Crippen LogP contribution in [0, 0.1) is 17.1 Å². The van der Waals surface area contributed by atoms with Crippen LogP contribution in [0.2, 0.25) is 0 Å². The van der Waals surface area contributed by atoms with E-state index in [4.69, 9.17) is 10.4 Å². The van der Waals surface area contributed by atoms with E-state index in [2.05, 4.69) is 26.2 Å². The van der Waals surface area contributed by atoms with Gasteiger partial charge in [0.15, 0.2) is 0 Å². The summed E-state index contributed by atoms with van der Waals surface area (Å²) in [6.07, 6.45) is 0.923. The minimum atomic E-state index is -1.29. The first kappa shape index (κ1) is 14.0. The van der Waals surface area contributed by atoms with Crippen LogP contribution < -0.4 is 5.32 Å². The van der Waals surface area contributed by atoms with Gasteiger partial charge in [0.05, 0.1) is 23.5 Å². The van der Waals surface area contributed by atoms with Crippen LogP contribution >= 0.6 is 15.9 Å². The maximum absolute atomic E-state index is 13.0. The van der Waals surface area contributed by atoms with Gasteiger partial charge in [-0.3, -0.25) is 0 Å². The van der Waals surface area contributed by atoms with E-state index in [-0.39, 0.29) is 11.4 Å². The first-order valence-electron chi connectivity index (χ1n) is 5.37. The van der Waals surface area contributed by atoms with Crippen molar-refractivity contribution in [3.63, 3.8) is 0 Å². The molecule has 1 aromatic carbocycles. The lowest BCUT2D eigenvalue weighted by molar-refractivity contribution is 0.0697. The molecule has 5 nitrogen and oxygen atoms in total. The Kier molecular flexibility index (Phi) is 3.96. The Bertz CT molecular complexity index is 728. The van der Waals surface area contributed by atoms with E-state index in [1.807, 2.05) is 6.07 Å². The standard InChI is InChI=1S/C13H7BrFN3O2/c14-10-3-7(5-16)1-2-11(10)18-12-9(13(19)20)4-8(15)6-17-12/h1-4,6H,(H,17,18)(H,19,20). The molecule has 2 rings (SSSR count). The summed E-state index contributed by atoms with van der Waals surface area (Å²) >= 11 is 3.26. The Morgan fingerprint density at radius 2 is 2.20 bits per heavy atom. The van der Waals surface area contributed by atoms with E-state index < -0.39 is 11.8 Å². The fourth-order valence-electron chi connectivity index (χ4n) is 1.52. The summed E-state index contributed by atoms with van der Waals surface area (Å²) < 4.78 is 13.6. The summed E-state index contributed by atoms with van der Waals surface area (Å²) in [5.74, 6) is -2.00. The maximum Gasteiger partial charge on any atom is 0.339 e. The average molecular weight is 336 g/mol. The highest BCUT2D eigenvalue weighted by Gasteiger charge is 2.14. The van der Waals surface area contributed by atoms with Crippen LogP contribution in [0.25, 0.3) is 0 Å². The quantitative estimate of drug-likeness (QED) is 0.898. The number of benzene rings is 1. The molecule has 2 N–H and O–H groups in total. The minimum Gasteiger partial charge on any atom is -0.478 e. The minimum absolute atomic E-state index is 0.0179. The fraction of sp³-hybridized carbons (Fsp3) is 0. The molecule has 0 fully saturated rings. The van der Waals surface area contributed by atoms with Crippen molar-refractivity contribution in [1.29, 1.82) is 5.26 Å². The lowest BCUT2D eigenvalue weighted by atomic mass is 10.2. The summed E-state index contributed by atoms with van der Waals surface area (Å²) in [6.45, 7) is 0. The van der Waals surface area contributed by atoms with Crippen LogP contribution in [0.15, 0.2) is 34.9 Å². The number of aromatic carboxylic acids is 1. The molecule has 0 spiro atoms. The summed E-state index contributed by atoms with van der Waals surface area (Å²) in [7, 11) is 0. The van der Waals surface area contributed by atoms with Crippen LogP contribution in [-0.2, 0) is 0 Å². The fourth-order valence-corrected chi connectivity index (χ4v) is 1.99. The third-order valence-electron chi connectivity index (χ3n) is 2.44. The predicted octanol–water partition coefficient (Wildman–Crippen LogP) is 3.30. The Hall–Kier alpha value is -2.46. The number of anilines is 2.